The van der Waals surface area contributed by atoms with Gasteiger partial charge in [-0.25, -0.2) is 0 Å². The Bertz CT molecular complexity index is 1780. The molecule has 0 saturated carbocycles. The molecular formula is C40H47Cl2Si3Zr. The van der Waals surface area contributed by atoms with Crippen LogP contribution in [0.4, 0.5) is 0 Å². The summed E-state index contributed by atoms with van der Waals surface area (Å²) in [6, 6.07) is 32.8. The van der Waals surface area contributed by atoms with Crippen molar-refractivity contribution in [2.75, 3.05) is 0 Å². The molecule has 0 heterocycles. The first-order valence-corrected chi connectivity index (χ1v) is 29.4. The van der Waals surface area contributed by atoms with Gasteiger partial charge in [0.25, 0.3) is 0 Å². The molecule has 0 bridgehead atoms. The average Bonchev–Trinajstić information content (AvgIpc) is 3.61. The van der Waals surface area contributed by atoms with Crippen molar-refractivity contribution in [1.29, 1.82) is 0 Å². The van der Waals surface area contributed by atoms with Crippen LogP contribution < -0.4 is 40.4 Å². The fourth-order valence-electron chi connectivity index (χ4n) is 7.27. The zero-order valence-electron chi connectivity index (χ0n) is 28.9. The fourth-order valence-corrected chi connectivity index (χ4v) is 18.9. The summed E-state index contributed by atoms with van der Waals surface area (Å²) in [4.78, 5) is 0. The van der Waals surface area contributed by atoms with E-state index in [-0.39, 0.29) is 24.8 Å². The van der Waals surface area contributed by atoms with E-state index in [0.717, 1.165) is 6.42 Å². The Kier molecular flexibility index (Phi) is 11.4. The van der Waals surface area contributed by atoms with Gasteiger partial charge in [0, 0.05) is 0 Å². The van der Waals surface area contributed by atoms with Crippen LogP contribution in [0.1, 0.15) is 37.9 Å². The molecule has 6 rings (SSSR count). The van der Waals surface area contributed by atoms with E-state index in [1.54, 1.807) is 52.2 Å². The Labute approximate surface area is 304 Å². The molecule has 46 heavy (non-hydrogen) atoms. The fraction of sp³-hybridized carbons (Fsp3) is 0.275. The van der Waals surface area contributed by atoms with E-state index in [9.17, 15) is 0 Å². The molecule has 0 amide bonds. The second-order valence-electron chi connectivity index (χ2n) is 15.7. The minimum atomic E-state index is -1.71. The first-order chi connectivity index (χ1) is 20.8. The van der Waals surface area contributed by atoms with Crippen LogP contribution >= 0.6 is 0 Å². The van der Waals surface area contributed by atoms with Gasteiger partial charge in [0.15, 0.2) is 0 Å². The van der Waals surface area contributed by atoms with Crippen LogP contribution in [0.5, 0.6) is 0 Å². The molecule has 0 saturated heterocycles. The van der Waals surface area contributed by atoms with Gasteiger partial charge in [0.2, 0.25) is 0 Å². The molecule has 1 atom stereocenters. The number of hydrogen-bond acceptors (Lipinski definition) is 0. The third-order valence-corrected chi connectivity index (χ3v) is 19.8. The topological polar surface area (TPSA) is 0 Å². The number of allylic oxidation sites excluding steroid dienone is 4. The SMILES string of the molecule is C[Si](C)(C)c1cccc2c1-c1cc([Si](C)(C)C)c([Si](C)(C)C)c(C3=CC=CC3)c1[CH]2[Zr+2]=[C](c1ccccc1)c1ccccc1.[Cl-].[Cl-]. The number of rotatable bonds is 7. The van der Waals surface area contributed by atoms with E-state index in [0.29, 0.717) is 3.63 Å². The van der Waals surface area contributed by atoms with Gasteiger partial charge in [-0.15, -0.1) is 0 Å². The molecular weight excluding hydrogens is 727 g/mol. The van der Waals surface area contributed by atoms with Crippen molar-refractivity contribution in [2.24, 2.45) is 0 Å². The molecule has 1 unspecified atom stereocenters. The van der Waals surface area contributed by atoms with Gasteiger partial charge in [0.05, 0.1) is 0 Å². The minimum Gasteiger partial charge on any atom is -1.00 e. The van der Waals surface area contributed by atoms with Gasteiger partial charge in [-0.05, 0) is 0 Å². The van der Waals surface area contributed by atoms with E-state index in [4.69, 9.17) is 0 Å². The maximum atomic E-state index is 2.76. The van der Waals surface area contributed by atoms with Gasteiger partial charge in [-0.3, -0.25) is 0 Å². The maximum Gasteiger partial charge on any atom is -1.00 e. The van der Waals surface area contributed by atoms with Crippen molar-refractivity contribution in [2.45, 2.75) is 69.0 Å². The normalized spacial score (nSPS) is 15.2. The van der Waals surface area contributed by atoms with E-state index >= 15 is 0 Å². The van der Waals surface area contributed by atoms with Crippen molar-refractivity contribution in [3.8, 4) is 11.1 Å². The van der Waals surface area contributed by atoms with Gasteiger partial charge < -0.3 is 24.8 Å². The minimum absolute atomic E-state index is 0. The average molecular weight is 774 g/mol. The molecule has 0 nitrogen and oxygen atoms in total. The second-order valence-corrected chi connectivity index (χ2v) is 34.1. The molecule has 0 fully saturated rings. The van der Waals surface area contributed by atoms with Crippen LogP contribution in [0, 0.1) is 0 Å². The smallest absolute Gasteiger partial charge is 1.00 e. The van der Waals surface area contributed by atoms with Crippen LogP contribution in [-0.4, -0.2) is 27.4 Å². The van der Waals surface area contributed by atoms with Gasteiger partial charge >= 0.3 is 282 Å². The molecule has 0 aliphatic heterocycles. The standard InChI is InChI=1S/C27H37Si3.C13H10.2ClH.Zr/c1-28(2,3)23-16-12-15-20-17-21-22(25(20)23)18-24(29(4,5)6)27(30(7,8)9)26(21)19-13-10-11-14-19;1-3-7-12(8-4-1)11-13-9-5-2-6-10-13;;;/h10-13,15-18H,14H2,1-9H3;1-10H;2*1H;/q;;;;+2/p-2. The molecule has 237 valence electrons. The van der Waals surface area contributed by atoms with E-state index in [2.05, 4.69) is 162 Å². The third-order valence-electron chi connectivity index (χ3n) is 9.21. The monoisotopic (exact) mass is 771 g/mol. The summed E-state index contributed by atoms with van der Waals surface area (Å²) in [6.07, 6.45) is 8.21. The van der Waals surface area contributed by atoms with Crippen LogP contribution in [0.25, 0.3) is 16.7 Å². The predicted molar refractivity (Wildman–Crippen MR) is 200 cm³/mol. The largest absolute Gasteiger partial charge is 1.00 e. The zero-order valence-corrected chi connectivity index (χ0v) is 35.8. The summed E-state index contributed by atoms with van der Waals surface area (Å²) in [5.74, 6) is 0. The van der Waals surface area contributed by atoms with Crippen molar-refractivity contribution in [1.82, 2.24) is 0 Å². The van der Waals surface area contributed by atoms with Gasteiger partial charge in [-0.1, -0.05) is 0 Å². The van der Waals surface area contributed by atoms with E-state index < -0.39 is 47.0 Å². The first kappa shape index (κ1) is 37.2. The van der Waals surface area contributed by atoms with Gasteiger partial charge in [0.1, 0.15) is 0 Å². The summed E-state index contributed by atoms with van der Waals surface area (Å²) in [5.41, 5.74) is 12.6. The molecule has 0 radical (unpaired) electrons. The Morgan fingerprint density at radius 3 is 1.67 bits per heavy atom. The molecule has 4 aromatic carbocycles. The number of benzene rings is 4. The number of halogens is 2. The summed E-state index contributed by atoms with van der Waals surface area (Å²) in [6.45, 7) is 23.2. The Morgan fingerprint density at radius 2 is 1.20 bits per heavy atom. The zero-order chi connectivity index (χ0) is 31.4. The summed E-state index contributed by atoms with van der Waals surface area (Å²) >= 11 is -1.22. The first-order valence-electron chi connectivity index (χ1n) is 16.2. The van der Waals surface area contributed by atoms with Crippen molar-refractivity contribution < 1.29 is 47.6 Å². The van der Waals surface area contributed by atoms with Crippen LogP contribution in [0.3, 0.4) is 0 Å². The predicted octanol–water partition coefficient (Wildman–Crippen LogP) is 3.09. The second kappa shape index (κ2) is 14.1. The van der Waals surface area contributed by atoms with Gasteiger partial charge in [-0.2, -0.15) is 0 Å². The maximum absolute atomic E-state index is 2.76. The van der Waals surface area contributed by atoms with Crippen LogP contribution in [-0.2, 0) is 22.8 Å². The summed E-state index contributed by atoms with van der Waals surface area (Å²) in [5, 5.41) is 5.12. The third kappa shape index (κ3) is 7.05. The molecule has 2 aliphatic rings. The van der Waals surface area contributed by atoms with Crippen LogP contribution in [0.2, 0.25) is 58.9 Å². The molecule has 0 aromatic heterocycles. The molecule has 4 aromatic rings. The summed E-state index contributed by atoms with van der Waals surface area (Å²) in [7, 11) is -4.97. The summed E-state index contributed by atoms with van der Waals surface area (Å²) < 4.78 is 2.10. The Hall–Kier alpha value is -1.66. The molecule has 0 N–H and O–H groups in total. The molecule has 0 spiro atoms. The van der Waals surface area contributed by atoms with Crippen molar-refractivity contribution >= 4 is 48.6 Å². The number of fused-ring (bicyclic) bond motifs is 3. The van der Waals surface area contributed by atoms with E-state index in [1.807, 2.05) is 0 Å². The van der Waals surface area contributed by atoms with Crippen molar-refractivity contribution in [3.05, 3.63) is 131 Å². The van der Waals surface area contributed by atoms with Crippen molar-refractivity contribution in [3.63, 3.8) is 0 Å². The van der Waals surface area contributed by atoms with E-state index in [1.165, 1.54) is 11.1 Å². The Balaban J connectivity index is 0.00000240. The Morgan fingerprint density at radius 1 is 0.630 bits per heavy atom. The van der Waals surface area contributed by atoms with Crippen LogP contribution in [0.15, 0.2) is 103 Å². The quantitative estimate of drug-likeness (QED) is 0.254. The molecule has 6 heteroatoms. The number of hydrogen-bond donors (Lipinski definition) is 0. The molecule has 2 aliphatic carbocycles.